The summed E-state index contributed by atoms with van der Waals surface area (Å²) in [5.41, 5.74) is 3.47. The molecule has 0 aliphatic rings. The fraction of sp³-hybridized carbons (Fsp3) is 0.286. The molecule has 0 saturated heterocycles. The van der Waals surface area contributed by atoms with E-state index in [0.29, 0.717) is 12.1 Å². The smallest absolute Gasteiger partial charge is 0.251 e. The Bertz CT molecular complexity index is 960. The fourth-order valence-corrected chi connectivity index (χ4v) is 3.10. The van der Waals surface area contributed by atoms with Crippen LogP contribution < -0.4 is 5.32 Å². The zero-order chi connectivity index (χ0) is 19.4. The minimum absolute atomic E-state index is 0.0169. The molecular weight excluding hydrogens is 340 g/mol. The van der Waals surface area contributed by atoms with Crippen LogP contribution in [0.15, 0.2) is 48.5 Å². The van der Waals surface area contributed by atoms with Crippen LogP contribution in [0.25, 0.3) is 11.0 Å². The van der Waals surface area contributed by atoms with E-state index in [1.165, 1.54) is 0 Å². The minimum Gasteiger partial charge on any atom is -0.355 e. The number of aromatic nitrogens is 2. The number of aryl methyl sites for hydroxylation is 1. The first-order chi connectivity index (χ1) is 13.0. The second-order valence-corrected chi connectivity index (χ2v) is 6.48. The predicted octanol–water partition coefficient (Wildman–Crippen LogP) is 2.62. The van der Waals surface area contributed by atoms with Crippen LogP contribution in [0.2, 0.25) is 0 Å². The molecule has 6 heteroatoms. The van der Waals surface area contributed by atoms with Crippen molar-refractivity contribution in [1.29, 1.82) is 0 Å². The molecule has 3 aromatic rings. The highest BCUT2D eigenvalue weighted by atomic mass is 16.2. The lowest BCUT2D eigenvalue weighted by molar-refractivity contribution is -0.131. The molecule has 0 spiro atoms. The molecule has 0 bridgehead atoms. The first-order valence-corrected chi connectivity index (χ1v) is 9.02. The van der Waals surface area contributed by atoms with Crippen LogP contribution in [-0.2, 0) is 24.3 Å². The highest BCUT2D eigenvalue weighted by Gasteiger charge is 2.15. The normalized spacial score (nSPS) is 10.8. The van der Waals surface area contributed by atoms with Gasteiger partial charge in [-0.25, -0.2) is 4.98 Å². The second kappa shape index (κ2) is 8.03. The molecule has 2 aromatic carbocycles. The Morgan fingerprint density at radius 3 is 2.48 bits per heavy atom. The van der Waals surface area contributed by atoms with Crippen molar-refractivity contribution >= 4 is 22.8 Å². The summed E-state index contributed by atoms with van der Waals surface area (Å²) in [5.74, 6) is 0.807. The summed E-state index contributed by atoms with van der Waals surface area (Å²) in [7, 11) is 3.40. The summed E-state index contributed by atoms with van der Waals surface area (Å²) in [6.07, 6.45) is 0.770. The topological polar surface area (TPSA) is 67.2 Å². The van der Waals surface area contributed by atoms with Crippen molar-refractivity contribution in [3.63, 3.8) is 0 Å². The quantitative estimate of drug-likeness (QED) is 0.731. The first kappa shape index (κ1) is 18.6. The van der Waals surface area contributed by atoms with Crippen molar-refractivity contribution < 1.29 is 9.59 Å². The van der Waals surface area contributed by atoms with E-state index in [4.69, 9.17) is 0 Å². The van der Waals surface area contributed by atoms with Crippen molar-refractivity contribution in [2.75, 3.05) is 14.1 Å². The average Bonchev–Trinajstić information content (AvgIpc) is 3.05. The Balaban J connectivity index is 1.72. The maximum absolute atomic E-state index is 12.8. The number of likely N-dealkylation sites (N-methyl/N-ethyl adjacent to an activating group) is 1. The maximum Gasteiger partial charge on any atom is 0.251 e. The highest BCUT2D eigenvalue weighted by molar-refractivity contribution is 5.93. The van der Waals surface area contributed by atoms with Crippen LogP contribution >= 0.6 is 0 Å². The lowest BCUT2D eigenvalue weighted by Crippen LogP contribution is -2.30. The number of carbonyl (C=O) groups is 2. The molecule has 140 valence electrons. The number of nitrogens with one attached hydrogen (secondary N) is 1. The third kappa shape index (κ3) is 4.00. The summed E-state index contributed by atoms with van der Waals surface area (Å²) >= 11 is 0. The lowest BCUT2D eigenvalue weighted by Gasteiger charge is -2.19. The van der Waals surface area contributed by atoms with Crippen molar-refractivity contribution in [3.05, 3.63) is 65.5 Å². The van der Waals surface area contributed by atoms with Crippen molar-refractivity contribution in [2.24, 2.45) is 0 Å². The van der Waals surface area contributed by atoms with Gasteiger partial charge in [-0.3, -0.25) is 9.59 Å². The molecule has 2 amide bonds. The number of nitrogens with zero attached hydrogens (tertiary/aromatic N) is 3. The zero-order valence-electron chi connectivity index (χ0n) is 15.9. The Kier molecular flexibility index (Phi) is 5.54. The summed E-state index contributed by atoms with van der Waals surface area (Å²) in [4.78, 5) is 30.7. The molecule has 0 atom stereocenters. The van der Waals surface area contributed by atoms with Gasteiger partial charge in [0.2, 0.25) is 5.91 Å². The standard InChI is InChI=1S/C21H24N4O2/c1-4-19-23-17-7-5-6-8-18(17)25(19)14-20(26)24(3)13-15-9-11-16(12-10-15)21(27)22-2/h5-12H,4,13-14H2,1-3H3,(H,22,27). The third-order valence-electron chi connectivity index (χ3n) is 4.63. The maximum atomic E-state index is 12.8. The van der Waals surface area contributed by atoms with Gasteiger partial charge >= 0.3 is 0 Å². The Labute approximate surface area is 158 Å². The SMILES string of the molecule is CCc1nc2ccccc2n1CC(=O)N(C)Cc1ccc(C(=O)NC)cc1. The Hall–Kier alpha value is -3.15. The average molecular weight is 364 g/mol. The van der Waals surface area contributed by atoms with E-state index in [1.54, 1.807) is 31.1 Å². The molecule has 0 unspecified atom stereocenters. The molecule has 6 nitrogen and oxygen atoms in total. The van der Waals surface area contributed by atoms with Crippen molar-refractivity contribution in [1.82, 2.24) is 19.8 Å². The van der Waals surface area contributed by atoms with E-state index < -0.39 is 0 Å². The van der Waals surface area contributed by atoms with Gasteiger partial charge in [-0.15, -0.1) is 0 Å². The molecule has 1 heterocycles. The van der Waals surface area contributed by atoms with Crippen LogP contribution in [0, 0.1) is 0 Å². The molecule has 0 aliphatic carbocycles. The van der Waals surface area contributed by atoms with Gasteiger partial charge in [0.1, 0.15) is 12.4 Å². The van der Waals surface area contributed by atoms with Gasteiger partial charge in [0.25, 0.3) is 5.91 Å². The molecular formula is C21H24N4O2. The molecule has 1 aromatic heterocycles. The van der Waals surface area contributed by atoms with Gasteiger partial charge in [-0.05, 0) is 29.8 Å². The molecule has 0 fully saturated rings. The summed E-state index contributed by atoms with van der Waals surface area (Å²) in [6, 6.07) is 15.2. The highest BCUT2D eigenvalue weighted by Crippen LogP contribution is 2.17. The van der Waals surface area contributed by atoms with Gasteiger partial charge in [0.05, 0.1) is 11.0 Å². The first-order valence-electron chi connectivity index (χ1n) is 9.02. The predicted molar refractivity (Wildman–Crippen MR) is 105 cm³/mol. The minimum atomic E-state index is -0.120. The number of benzene rings is 2. The number of para-hydroxylation sites is 2. The largest absolute Gasteiger partial charge is 0.355 e. The molecule has 1 N–H and O–H groups in total. The molecule has 27 heavy (non-hydrogen) atoms. The van der Waals surface area contributed by atoms with Gasteiger partial charge in [-0.1, -0.05) is 31.2 Å². The summed E-state index contributed by atoms with van der Waals surface area (Å²) in [5, 5.41) is 2.60. The number of carbonyl (C=O) groups excluding carboxylic acids is 2. The van der Waals surface area contributed by atoms with E-state index in [0.717, 1.165) is 28.8 Å². The van der Waals surface area contributed by atoms with Crippen LogP contribution in [0.1, 0.15) is 28.7 Å². The molecule has 0 radical (unpaired) electrons. The number of rotatable bonds is 6. The van der Waals surface area contributed by atoms with Gasteiger partial charge in [-0.2, -0.15) is 0 Å². The van der Waals surface area contributed by atoms with E-state index in [-0.39, 0.29) is 18.4 Å². The van der Waals surface area contributed by atoms with E-state index >= 15 is 0 Å². The Morgan fingerprint density at radius 2 is 1.81 bits per heavy atom. The van der Waals surface area contributed by atoms with Crippen LogP contribution in [-0.4, -0.2) is 40.4 Å². The molecule has 0 aliphatic heterocycles. The van der Waals surface area contributed by atoms with Crippen LogP contribution in [0.3, 0.4) is 0 Å². The number of amides is 2. The summed E-state index contributed by atoms with van der Waals surface area (Å²) < 4.78 is 1.99. The molecule has 0 saturated carbocycles. The molecule has 3 rings (SSSR count). The monoisotopic (exact) mass is 364 g/mol. The van der Waals surface area contributed by atoms with Crippen LogP contribution in [0.4, 0.5) is 0 Å². The summed E-state index contributed by atoms with van der Waals surface area (Å²) in [6.45, 7) is 2.79. The van der Waals surface area contributed by atoms with Crippen LogP contribution in [0.5, 0.6) is 0 Å². The van der Waals surface area contributed by atoms with Crippen molar-refractivity contribution in [2.45, 2.75) is 26.4 Å². The lowest BCUT2D eigenvalue weighted by atomic mass is 10.1. The van der Waals surface area contributed by atoms with E-state index in [9.17, 15) is 9.59 Å². The Morgan fingerprint density at radius 1 is 1.11 bits per heavy atom. The number of hydrogen-bond donors (Lipinski definition) is 1. The van der Waals surface area contributed by atoms with Gasteiger partial charge < -0.3 is 14.8 Å². The van der Waals surface area contributed by atoms with Gasteiger partial charge in [0.15, 0.2) is 0 Å². The van der Waals surface area contributed by atoms with Crippen molar-refractivity contribution in [3.8, 4) is 0 Å². The second-order valence-electron chi connectivity index (χ2n) is 6.48. The van der Waals surface area contributed by atoms with E-state index in [2.05, 4.69) is 10.3 Å². The zero-order valence-corrected chi connectivity index (χ0v) is 15.9. The van der Waals surface area contributed by atoms with E-state index in [1.807, 2.05) is 47.9 Å². The number of hydrogen-bond acceptors (Lipinski definition) is 3. The third-order valence-corrected chi connectivity index (χ3v) is 4.63. The fourth-order valence-electron chi connectivity index (χ4n) is 3.10. The number of imidazole rings is 1. The van der Waals surface area contributed by atoms with Gasteiger partial charge in [0, 0.05) is 32.6 Å². The number of fused-ring (bicyclic) bond motifs is 1.